The summed E-state index contributed by atoms with van der Waals surface area (Å²) < 4.78 is 21.9. The number of hydrogen-bond acceptors (Lipinski definition) is 6. The second-order valence-corrected chi connectivity index (χ2v) is 7.77. The Labute approximate surface area is 180 Å². The minimum Gasteiger partial charge on any atom is -0.379 e. The molecule has 1 saturated heterocycles. The number of anilines is 2. The lowest BCUT2D eigenvalue weighted by molar-refractivity contribution is 0.180. The van der Waals surface area contributed by atoms with E-state index in [2.05, 4.69) is 26.5 Å². The smallest absolute Gasteiger partial charge is 0.261 e. The Bertz CT molecular complexity index is 1410. The van der Waals surface area contributed by atoms with Crippen LogP contribution < -0.4 is 10.9 Å². The van der Waals surface area contributed by atoms with E-state index >= 15 is 0 Å². The maximum atomic E-state index is 14.6. The molecule has 1 fully saturated rings. The first kappa shape index (κ1) is 19.5. The van der Waals surface area contributed by atoms with Gasteiger partial charge < -0.3 is 15.0 Å². The third-order valence-electron chi connectivity index (χ3n) is 5.47. The van der Waals surface area contributed by atoms with Crippen LogP contribution in [0.25, 0.3) is 21.8 Å². The lowest BCUT2D eigenvalue weighted by Crippen LogP contribution is -2.19. The van der Waals surface area contributed by atoms with Gasteiger partial charge in [-0.05, 0) is 24.3 Å². The lowest BCUT2D eigenvalue weighted by Gasteiger charge is -2.16. The molecule has 0 saturated carbocycles. The maximum absolute atomic E-state index is 14.6. The van der Waals surface area contributed by atoms with Crippen LogP contribution in [-0.2, 0) is 4.74 Å². The molecule has 0 aliphatic carbocycles. The highest BCUT2D eigenvalue weighted by molar-refractivity contribution is 6.35. The molecular weight excluding hydrogens is 423 g/mol. The van der Waals surface area contributed by atoms with Crippen LogP contribution in [0, 0.1) is 23.1 Å². The normalized spacial score (nSPS) is 18.5. The number of fused-ring (bicyclic) bond motifs is 2. The summed E-state index contributed by atoms with van der Waals surface area (Å²) in [7, 11) is 0. The summed E-state index contributed by atoms with van der Waals surface area (Å²) in [5, 5.41) is 17.9. The van der Waals surface area contributed by atoms with Gasteiger partial charge in [-0.3, -0.25) is 14.5 Å². The average molecular weight is 439 g/mol. The van der Waals surface area contributed by atoms with Crippen LogP contribution in [0.5, 0.6) is 0 Å². The van der Waals surface area contributed by atoms with Crippen molar-refractivity contribution in [2.75, 3.05) is 18.5 Å². The van der Waals surface area contributed by atoms with Gasteiger partial charge in [0.05, 0.1) is 35.9 Å². The largest absolute Gasteiger partial charge is 0.379 e. The van der Waals surface area contributed by atoms with Crippen molar-refractivity contribution in [2.24, 2.45) is 5.92 Å². The highest BCUT2D eigenvalue weighted by Gasteiger charge is 2.32. The Balaban J connectivity index is 1.63. The van der Waals surface area contributed by atoms with E-state index in [1.165, 1.54) is 12.3 Å². The zero-order valence-electron chi connectivity index (χ0n) is 16.1. The molecule has 0 amide bonds. The summed E-state index contributed by atoms with van der Waals surface area (Å²) in [5.41, 5.74) is 0.813. The molecule has 31 heavy (non-hydrogen) atoms. The van der Waals surface area contributed by atoms with Gasteiger partial charge >= 0.3 is 0 Å². The fraction of sp³-hybridized carbons (Fsp3) is 0.238. The Hall–Kier alpha value is -3.48. The average Bonchev–Trinajstić information content (AvgIpc) is 3.34. The summed E-state index contributed by atoms with van der Waals surface area (Å²) in [6.45, 7) is 0.841. The first-order valence-electron chi connectivity index (χ1n) is 9.62. The highest BCUT2D eigenvalue weighted by atomic mass is 35.5. The SMILES string of the molecule is N#CCC1COC[C@@H]1n1nc(Nc2cc(F)c3nccc(Cl)c3c2)c2c(=O)[nH]ccc21. The number of benzene rings is 1. The Morgan fingerprint density at radius 1 is 1.39 bits per heavy atom. The molecule has 3 aromatic heterocycles. The third kappa shape index (κ3) is 3.30. The summed E-state index contributed by atoms with van der Waals surface area (Å²) in [6, 6.07) is 8.26. The Kier molecular flexibility index (Phi) is 4.81. The van der Waals surface area contributed by atoms with Crippen molar-refractivity contribution in [1.82, 2.24) is 19.7 Å². The Morgan fingerprint density at radius 2 is 2.26 bits per heavy atom. The molecule has 2 atom stereocenters. The number of aromatic nitrogens is 4. The van der Waals surface area contributed by atoms with Gasteiger partial charge in [-0.2, -0.15) is 10.4 Å². The number of hydrogen-bond donors (Lipinski definition) is 2. The number of nitrogens with one attached hydrogen (secondary N) is 2. The molecule has 5 rings (SSSR count). The molecular formula is C21H16ClFN6O2. The summed E-state index contributed by atoms with van der Waals surface area (Å²) in [5.74, 6) is -0.306. The first-order chi connectivity index (χ1) is 15.1. The molecule has 1 aliphatic rings. The summed E-state index contributed by atoms with van der Waals surface area (Å²) >= 11 is 6.21. The Morgan fingerprint density at radius 3 is 3.10 bits per heavy atom. The minimum absolute atomic E-state index is 0.0387. The number of ether oxygens (including phenoxy) is 1. The number of nitriles is 1. The molecule has 156 valence electrons. The van der Waals surface area contributed by atoms with Crippen molar-refractivity contribution in [2.45, 2.75) is 12.5 Å². The van der Waals surface area contributed by atoms with Gasteiger partial charge in [-0.25, -0.2) is 4.39 Å². The van der Waals surface area contributed by atoms with E-state index < -0.39 is 5.82 Å². The molecule has 4 aromatic rings. The molecule has 4 heterocycles. The first-order valence-corrected chi connectivity index (χ1v) is 10.00. The van der Waals surface area contributed by atoms with Crippen molar-refractivity contribution in [3.63, 3.8) is 0 Å². The highest BCUT2D eigenvalue weighted by Crippen LogP contribution is 2.34. The molecule has 0 bridgehead atoms. The molecule has 1 aliphatic heterocycles. The molecule has 1 aromatic carbocycles. The molecule has 0 spiro atoms. The van der Waals surface area contributed by atoms with Gasteiger partial charge in [-0.1, -0.05) is 11.6 Å². The van der Waals surface area contributed by atoms with Crippen LogP contribution >= 0.6 is 11.6 Å². The quantitative estimate of drug-likeness (QED) is 0.500. The van der Waals surface area contributed by atoms with E-state index in [4.69, 9.17) is 21.6 Å². The van der Waals surface area contributed by atoms with E-state index in [0.717, 1.165) is 0 Å². The maximum Gasteiger partial charge on any atom is 0.261 e. The van der Waals surface area contributed by atoms with Crippen LogP contribution in [0.15, 0.2) is 41.5 Å². The second kappa shape index (κ2) is 7.65. The topological polar surface area (TPSA) is 109 Å². The van der Waals surface area contributed by atoms with Crippen molar-refractivity contribution in [3.05, 3.63) is 57.9 Å². The van der Waals surface area contributed by atoms with Crippen molar-refractivity contribution in [1.29, 1.82) is 5.26 Å². The fourth-order valence-electron chi connectivity index (χ4n) is 4.00. The van der Waals surface area contributed by atoms with Crippen LogP contribution in [0.1, 0.15) is 12.5 Å². The van der Waals surface area contributed by atoms with Gasteiger partial charge in [0.15, 0.2) is 11.6 Å². The lowest BCUT2D eigenvalue weighted by atomic mass is 10.0. The van der Waals surface area contributed by atoms with E-state index in [-0.39, 0.29) is 28.9 Å². The fourth-order valence-corrected chi connectivity index (χ4v) is 4.20. The number of rotatable bonds is 4. The molecule has 0 radical (unpaired) electrons. The standard InChI is InChI=1S/C21H16ClFN6O2/c22-14-2-5-25-19-13(14)7-12(8-15(19)23)27-20-18-16(3-6-26-21(18)30)29(28-20)17-10-31-9-11(17)1-4-24/h2-3,5-8,11,17H,1,9-10H2,(H,26,30)(H,27,28)/t11?,17-/m0/s1. The van der Waals surface area contributed by atoms with Gasteiger partial charge in [0, 0.05) is 35.8 Å². The number of nitrogens with zero attached hydrogens (tertiary/aromatic N) is 4. The molecule has 10 heteroatoms. The predicted molar refractivity (Wildman–Crippen MR) is 114 cm³/mol. The van der Waals surface area contributed by atoms with Gasteiger partial charge in [0.25, 0.3) is 5.56 Å². The zero-order chi connectivity index (χ0) is 21.5. The zero-order valence-corrected chi connectivity index (χ0v) is 16.9. The number of pyridine rings is 2. The number of H-pyrrole nitrogens is 1. The second-order valence-electron chi connectivity index (χ2n) is 7.36. The van der Waals surface area contributed by atoms with Crippen LogP contribution in [0.4, 0.5) is 15.9 Å². The summed E-state index contributed by atoms with van der Waals surface area (Å²) in [4.78, 5) is 19.3. The van der Waals surface area contributed by atoms with E-state index in [1.54, 1.807) is 29.1 Å². The van der Waals surface area contributed by atoms with Crippen LogP contribution in [-0.4, -0.2) is 33.0 Å². The predicted octanol–water partition coefficient (Wildman–Crippen LogP) is 3.91. The van der Waals surface area contributed by atoms with Crippen LogP contribution in [0.2, 0.25) is 5.02 Å². The van der Waals surface area contributed by atoms with Crippen LogP contribution in [0.3, 0.4) is 0 Å². The van der Waals surface area contributed by atoms with Crippen molar-refractivity contribution >= 4 is 44.9 Å². The third-order valence-corrected chi connectivity index (χ3v) is 5.80. The van der Waals surface area contributed by atoms with Gasteiger partial charge in [0.1, 0.15) is 10.9 Å². The number of halogens is 2. The molecule has 1 unspecified atom stereocenters. The molecule has 2 N–H and O–H groups in total. The van der Waals surface area contributed by atoms with Gasteiger partial charge in [-0.15, -0.1) is 0 Å². The van der Waals surface area contributed by atoms with E-state index in [0.29, 0.717) is 46.6 Å². The minimum atomic E-state index is -0.543. The monoisotopic (exact) mass is 438 g/mol. The van der Waals surface area contributed by atoms with Crippen molar-refractivity contribution < 1.29 is 9.13 Å². The van der Waals surface area contributed by atoms with E-state index in [9.17, 15) is 9.18 Å². The summed E-state index contributed by atoms with van der Waals surface area (Å²) in [6.07, 6.45) is 3.30. The van der Waals surface area contributed by atoms with Gasteiger partial charge in [0.2, 0.25) is 0 Å². The molecule has 8 nitrogen and oxygen atoms in total. The number of aromatic amines is 1. The van der Waals surface area contributed by atoms with E-state index in [1.807, 2.05) is 0 Å². The van der Waals surface area contributed by atoms with Crippen molar-refractivity contribution in [3.8, 4) is 6.07 Å².